The summed E-state index contributed by atoms with van der Waals surface area (Å²) in [5.74, 6) is 0.246. The summed E-state index contributed by atoms with van der Waals surface area (Å²) in [5.41, 5.74) is 1.39. The van der Waals surface area contributed by atoms with Crippen LogP contribution in [0.4, 0.5) is 11.4 Å². The van der Waals surface area contributed by atoms with Gasteiger partial charge in [0, 0.05) is 22.8 Å². The molecule has 120 valence electrons. The summed E-state index contributed by atoms with van der Waals surface area (Å²) in [7, 11) is 0. The van der Waals surface area contributed by atoms with Crippen LogP contribution in [0, 0.1) is 5.92 Å². The Morgan fingerprint density at radius 2 is 1.64 bits per heavy atom. The molecule has 1 aliphatic rings. The molecule has 2 rings (SSSR count). The number of carbonyl (C=O) groups is 2. The molecule has 5 nitrogen and oxygen atoms in total. The van der Waals surface area contributed by atoms with E-state index >= 15 is 0 Å². The van der Waals surface area contributed by atoms with E-state index in [0.717, 1.165) is 24.2 Å². The molecule has 1 fully saturated rings. The topological polar surface area (TPSA) is 70.2 Å². The largest absolute Gasteiger partial charge is 0.374 e. The van der Waals surface area contributed by atoms with Gasteiger partial charge in [0.2, 0.25) is 11.8 Å². The van der Waals surface area contributed by atoms with Crippen LogP contribution < -0.4 is 16.0 Å². The normalized spacial score (nSPS) is 15.8. The van der Waals surface area contributed by atoms with Crippen LogP contribution in [-0.4, -0.2) is 23.4 Å². The molecule has 0 aliphatic heterocycles. The van der Waals surface area contributed by atoms with Gasteiger partial charge >= 0.3 is 0 Å². The van der Waals surface area contributed by atoms with Crippen molar-refractivity contribution in [2.24, 2.45) is 5.92 Å². The number of carbonyl (C=O) groups excluding carboxylic acids is 2. The van der Waals surface area contributed by atoms with Crippen molar-refractivity contribution in [1.82, 2.24) is 5.32 Å². The Morgan fingerprint density at radius 3 is 2.14 bits per heavy atom. The number of hydrogen-bond acceptors (Lipinski definition) is 3. The van der Waals surface area contributed by atoms with Crippen LogP contribution in [0.15, 0.2) is 24.3 Å². The lowest BCUT2D eigenvalue weighted by molar-refractivity contribution is -0.123. The highest BCUT2D eigenvalue weighted by molar-refractivity contribution is 5.94. The average Bonchev–Trinajstić information content (AvgIpc) is 3.23. The molecule has 0 aromatic heterocycles. The van der Waals surface area contributed by atoms with Crippen LogP contribution in [0.1, 0.15) is 40.5 Å². The molecule has 0 spiro atoms. The maximum absolute atomic E-state index is 12.0. The number of benzene rings is 1. The van der Waals surface area contributed by atoms with Gasteiger partial charge in [-0.05, 0) is 64.8 Å². The van der Waals surface area contributed by atoms with Crippen molar-refractivity contribution in [2.75, 3.05) is 10.6 Å². The smallest absolute Gasteiger partial charge is 0.242 e. The predicted octanol–water partition coefficient (Wildman–Crippen LogP) is 2.75. The summed E-state index contributed by atoms with van der Waals surface area (Å²) < 4.78 is 0. The number of rotatable bonds is 5. The van der Waals surface area contributed by atoms with E-state index in [0.29, 0.717) is 0 Å². The van der Waals surface area contributed by atoms with Crippen LogP contribution in [0.25, 0.3) is 0 Å². The minimum absolute atomic E-state index is 0.0430. The number of nitrogens with one attached hydrogen (secondary N) is 3. The van der Waals surface area contributed by atoms with Crippen molar-refractivity contribution in [3.8, 4) is 0 Å². The number of anilines is 2. The second kappa shape index (κ2) is 6.38. The first-order valence-corrected chi connectivity index (χ1v) is 7.74. The van der Waals surface area contributed by atoms with Crippen LogP contribution in [0.5, 0.6) is 0 Å². The van der Waals surface area contributed by atoms with E-state index in [2.05, 4.69) is 16.0 Å². The van der Waals surface area contributed by atoms with Crippen molar-refractivity contribution in [1.29, 1.82) is 0 Å². The molecule has 22 heavy (non-hydrogen) atoms. The molecule has 5 heteroatoms. The fourth-order valence-corrected chi connectivity index (χ4v) is 2.03. The van der Waals surface area contributed by atoms with Gasteiger partial charge in [0.1, 0.15) is 6.04 Å². The molecule has 0 saturated heterocycles. The maximum Gasteiger partial charge on any atom is 0.242 e. The molecule has 2 amide bonds. The molecule has 1 aromatic rings. The monoisotopic (exact) mass is 303 g/mol. The molecule has 1 aromatic carbocycles. The zero-order valence-electron chi connectivity index (χ0n) is 13.7. The predicted molar refractivity (Wildman–Crippen MR) is 88.8 cm³/mol. The highest BCUT2D eigenvalue weighted by Crippen LogP contribution is 2.30. The van der Waals surface area contributed by atoms with Crippen LogP contribution >= 0.6 is 0 Å². The molecule has 0 heterocycles. The Bertz CT molecular complexity index is 542. The van der Waals surface area contributed by atoms with Crippen molar-refractivity contribution >= 4 is 23.2 Å². The summed E-state index contributed by atoms with van der Waals surface area (Å²) in [6, 6.07) is 7.09. The highest BCUT2D eigenvalue weighted by atomic mass is 16.2. The van der Waals surface area contributed by atoms with E-state index in [-0.39, 0.29) is 29.3 Å². The first-order chi connectivity index (χ1) is 10.2. The lowest BCUT2D eigenvalue weighted by atomic mass is 10.1. The third-order valence-corrected chi connectivity index (χ3v) is 3.38. The van der Waals surface area contributed by atoms with Gasteiger partial charge in [-0.3, -0.25) is 9.59 Å². The van der Waals surface area contributed by atoms with Gasteiger partial charge in [-0.2, -0.15) is 0 Å². The Morgan fingerprint density at radius 1 is 1.09 bits per heavy atom. The molecule has 1 atom stereocenters. The zero-order chi connectivity index (χ0) is 16.3. The van der Waals surface area contributed by atoms with Gasteiger partial charge in [0.25, 0.3) is 0 Å². The van der Waals surface area contributed by atoms with E-state index in [1.165, 1.54) is 0 Å². The number of amides is 2. The van der Waals surface area contributed by atoms with Gasteiger partial charge in [-0.15, -0.1) is 0 Å². The summed E-state index contributed by atoms with van der Waals surface area (Å²) in [4.78, 5) is 23.7. The molecule has 1 aliphatic carbocycles. The Hall–Kier alpha value is -2.04. The lowest BCUT2D eigenvalue weighted by Crippen LogP contribution is -2.47. The van der Waals surface area contributed by atoms with E-state index in [1.54, 1.807) is 0 Å². The third kappa shape index (κ3) is 5.06. The fourth-order valence-electron chi connectivity index (χ4n) is 2.03. The summed E-state index contributed by atoms with van der Waals surface area (Å²) in [5, 5.41) is 8.98. The quantitative estimate of drug-likeness (QED) is 0.783. The second-order valence-electron chi connectivity index (χ2n) is 6.95. The lowest BCUT2D eigenvalue weighted by Gasteiger charge is -2.24. The molecule has 3 N–H and O–H groups in total. The molecule has 1 saturated carbocycles. The molecule has 0 radical (unpaired) electrons. The Kier molecular flexibility index (Phi) is 4.74. The van der Waals surface area contributed by atoms with Gasteiger partial charge in [0.05, 0.1) is 0 Å². The number of hydrogen-bond donors (Lipinski definition) is 3. The zero-order valence-corrected chi connectivity index (χ0v) is 13.7. The molecular formula is C17H25N3O2. The summed E-state index contributed by atoms with van der Waals surface area (Å²) >= 11 is 0. The highest BCUT2D eigenvalue weighted by Gasteiger charge is 2.29. The second-order valence-corrected chi connectivity index (χ2v) is 6.95. The van der Waals surface area contributed by atoms with Crippen LogP contribution in [0.3, 0.4) is 0 Å². The van der Waals surface area contributed by atoms with E-state index in [4.69, 9.17) is 0 Å². The van der Waals surface area contributed by atoms with E-state index in [1.807, 2.05) is 52.0 Å². The van der Waals surface area contributed by atoms with Crippen LogP contribution in [0.2, 0.25) is 0 Å². The van der Waals surface area contributed by atoms with Crippen LogP contribution in [-0.2, 0) is 9.59 Å². The van der Waals surface area contributed by atoms with Crippen molar-refractivity contribution in [3.05, 3.63) is 24.3 Å². The van der Waals surface area contributed by atoms with Crippen molar-refractivity contribution < 1.29 is 9.59 Å². The Labute approximate surface area is 131 Å². The summed E-state index contributed by atoms with van der Waals surface area (Å²) in [6.45, 7) is 7.68. The van der Waals surface area contributed by atoms with Gasteiger partial charge in [-0.1, -0.05) is 0 Å². The fraction of sp³-hybridized carbons (Fsp3) is 0.529. The molecule has 1 unspecified atom stereocenters. The first-order valence-electron chi connectivity index (χ1n) is 7.74. The van der Waals surface area contributed by atoms with E-state index < -0.39 is 0 Å². The molecular weight excluding hydrogens is 278 g/mol. The van der Waals surface area contributed by atoms with Crippen molar-refractivity contribution in [2.45, 2.75) is 52.1 Å². The SMILES string of the molecule is CC(Nc1ccc(NC(=O)C2CC2)cc1)C(=O)NC(C)(C)C. The minimum Gasteiger partial charge on any atom is -0.374 e. The van der Waals surface area contributed by atoms with Gasteiger partial charge in [-0.25, -0.2) is 0 Å². The standard InChI is InChI=1S/C17H25N3O2/c1-11(15(21)20-17(2,3)4)18-13-7-9-14(10-8-13)19-16(22)12-5-6-12/h7-12,18H,5-6H2,1-4H3,(H,19,22)(H,20,21). The average molecular weight is 303 g/mol. The Balaban J connectivity index is 1.87. The first kappa shape index (κ1) is 16.3. The third-order valence-electron chi connectivity index (χ3n) is 3.38. The van der Waals surface area contributed by atoms with Crippen molar-refractivity contribution in [3.63, 3.8) is 0 Å². The maximum atomic E-state index is 12.0. The van der Waals surface area contributed by atoms with Gasteiger partial charge < -0.3 is 16.0 Å². The van der Waals surface area contributed by atoms with Gasteiger partial charge in [0.15, 0.2) is 0 Å². The summed E-state index contributed by atoms with van der Waals surface area (Å²) in [6.07, 6.45) is 1.98. The molecule has 0 bridgehead atoms. The minimum atomic E-state index is -0.328. The van der Waals surface area contributed by atoms with E-state index in [9.17, 15) is 9.59 Å².